The van der Waals surface area contributed by atoms with E-state index in [-0.39, 0.29) is 17.7 Å². The van der Waals surface area contributed by atoms with Crippen molar-refractivity contribution in [2.75, 3.05) is 27.2 Å². The van der Waals surface area contributed by atoms with Crippen LogP contribution in [-0.2, 0) is 11.2 Å². The largest absolute Gasteiger partial charge is 0.508 e. The summed E-state index contributed by atoms with van der Waals surface area (Å²) in [5.41, 5.74) is 7.02. The van der Waals surface area contributed by atoms with E-state index in [4.69, 9.17) is 5.73 Å². The number of carbonyl (C=O) groups is 1. The second kappa shape index (κ2) is 6.91. The summed E-state index contributed by atoms with van der Waals surface area (Å²) in [5.74, 6) is 0.212. The number of phenolic OH excluding ortho intramolecular Hbond substituents is 1. The molecule has 2 atom stereocenters. The number of likely N-dealkylation sites (N-methyl/N-ethyl adjacent to an activating group) is 2. The molecule has 0 radical (unpaired) electrons. The monoisotopic (exact) mass is 291 g/mol. The molecule has 1 saturated heterocycles. The first-order valence-electron chi connectivity index (χ1n) is 7.46. The number of carbonyl (C=O) groups excluding carboxylic acids is 1. The van der Waals surface area contributed by atoms with Gasteiger partial charge >= 0.3 is 0 Å². The normalized spacial score (nSPS) is 21.0. The summed E-state index contributed by atoms with van der Waals surface area (Å²) < 4.78 is 0. The van der Waals surface area contributed by atoms with E-state index in [1.54, 1.807) is 29.2 Å². The van der Waals surface area contributed by atoms with Crippen molar-refractivity contribution in [3.05, 3.63) is 29.8 Å². The number of piperidine rings is 1. The average Bonchev–Trinajstić information content (AvgIpc) is 2.48. The van der Waals surface area contributed by atoms with Crippen molar-refractivity contribution in [1.82, 2.24) is 9.80 Å². The van der Waals surface area contributed by atoms with Gasteiger partial charge in [0.2, 0.25) is 5.91 Å². The van der Waals surface area contributed by atoms with Crippen LogP contribution in [0.3, 0.4) is 0 Å². The second-order valence-electron chi connectivity index (χ2n) is 5.98. The first-order valence-corrected chi connectivity index (χ1v) is 7.46. The lowest BCUT2D eigenvalue weighted by Crippen LogP contribution is -2.52. The van der Waals surface area contributed by atoms with Gasteiger partial charge in [-0.3, -0.25) is 4.79 Å². The Hall–Kier alpha value is -1.59. The van der Waals surface area contributed by atoms with E-state index in [0.717, 1.165) is 31.5 Å². The molecular formula is C16H25N3O2. The van der Waals surface area contributed by atoms with Gasteiger partial charge in [-0.25, -0.2) is 0 Å². The van der Waals surface area contributed by atoms with E-state index in [0.29, 0.717) is 6.42 Å². The van der Waals surface area contributed by atoms with Crippen molar-refractivity contribution in [2.45, 2.75) is 31.3 Å². The van der Waals surface area contributed by atoms with Crippen molar-refractivity contribution in [2.24, 2.45) is 5.73 Å². The molecule has 2 rings (SSSR count). The molecular weight excluding hydrogens is 266 g/mol. The number of nitrogens with zero attached hydrogens (tertiary/aromatic N) is 2. The zero-order chi connectivity index (χ0) is 15.4. The maximum atomic E-state index is 12.5. The van der Waals surface area contributed by atoms with Gasteiger partial charge in [-0.15, -0.1) is 0 Å². The van der Waals surface area contributed by atoms with Crippen LogP contribution in [0.4, 0.5) is 0 Å². The number of phenols is 1. The molecule has 0 saturated carbocycles. The number of aromatic hydroxyl groups is 1. The molecule has 0 aliphatic carbocycles. The summed E-state index contributed by atoms with van der Waals surface area (Å²) in [4.78, 5) is 16.5. The molecule has 1 amide bonds. The number of rotatable bonds is 4. The number of likely N-dealkylation sites (tertiary alicyclic amines) is 1. The van der Waals surface area contributed by atoms with E-state index >= 15 is 0 Å². The molecule has 116 valence electrons. The molecule has 1 heterocycles. The second-order valence-corrected chi connectivity index (χ2v) is 5.98. The Morgan fingerprint density at radius 3 is 2.76 bits per heavy atom. The molecule has 1 aliphatic heterocycles. The molecule has 1 aromatic carbocycles. The zero-order valence-corrected chi connectivity index (χ0v) is 12.8. The van der Waals surface area contributed by atoms with E-state index in [9.17, 15) is 9.90 Å². The smallest absolute Gasteiger partial charge is 0.239 e. The van der Waals surface area contributed by atoms with Crippen LogP contribution in [0, 0.1) is 0 Å². The van der Waals surface area contributed by atoms with Crippen LogP contribution in [0.25, 0.3) is 0 Å². The van der Waals surface area contributed by atoms with Crippen LogP contribution in [-0.4, -0.2) is 60.1 Å². The van der Waals surface area contributed by atoms with Crippen LogP contribution < -0.4 is 5.73 Å². The van der Waals surface area contributed by atoms with Crippen molar-refractivity contribution in [3.8, 4) is 5.75 Å². The summed E-state index contributed by atoms with van der Waals surface area (Å²) in [6.07, 6.45) is 2.65. The number of hydrogen-bond acceptors (Lipinski definition) is 4. The molecule has 1 aliphatic rings. The highest BCUT2D eigenvalue weighted by molar-refractivity contribution is 5.82. The summed E-state index contributed by atoms with van der Waals surface area (Å²) in [7, 11) is 3.93. The minimum atomic E-state index is -0.535. The fourth-order valence-electron chi connectivity index (χ4n) is 2.87. The van der Waals surface area contributed by atoms with Crippen molar-refractivity contribution in [3.63, 3.8) is 0 Å². The zero-order valence-electron chi connectivity index (χ0n) is 12.8. The maximum Gasteiger partial charge on any atom is 0.239 e. The fraction of sp³-hybridized carbons (Fsp3) is 0.562. The van der Waals surface area contributed by atoms with E-state index in [1.165, 1.54) is 0 Å². The molecule has 0 bridgehead atoms. The Balaban J connectivity index is 1.93. The summed E-state index contributed by atoms with van der Waals surface area (Å²) in [6.45, 7) is 2.01. The summed E-state index contributed by atoms with van der Waals surface area (Å²) >= 11 is 0. The topological polar surface area (TPSA) is 69.8 Å². The summed E-state index contributed by atoms with van der Waals surface area (Å²) in [5, 5.41) is 9.27. The van der Waals surface area contributed by atoms with Crippen LogP contribution >= 0.6 is 0 Å². The molecule has 21 heavy (non-hydrogen) atoms. The predicted octanol–water partition coefficient (Wildman–Crippen LogP) is 0.815. The Bertz CT molecular complexity index is 475. The number of benzene rings is 1. The van der Waals surface area contributed by atoms with Crippen molar-refractivity contribution in [1.29, 1.82) is 0 Å². The van der Waals surface area contributed by atoms with Gasteiger partial charge in [0.25, 0.3) is 0 Å². The lowest BCUT2D eigenvalue weighted by Gasteiger charge is -2.36. The molecule has 2 unspecified atom stereocenters. The van der Waals surface area contributed by atoms with Gasteiger partial charge in [0.1, 0.15) is 5.75 Å². The van der Waals surface area contributed by atoms with Gasteiger partial charge in [-0.05, 0) is 50.6 Å². The maximum absolute atomic E-state index is 12.5. The highest BCUT2D eigenvalue weighted by atomic mass is 16.3. The molecule has 0 aromatic heterocycles. The molecule has 3 N–H and O–H groups in total. The molecule has 1 fully saturated rings. The van der Waals surface area contributed by atoms with Gasteiger partial charge in [0, 0.05) is 19.6 Å². The first kappa shape index (κ1) is 15.8. The minimum Gasteiger partial charge on any atom is -0.508 e. The molecule has 0 spiro atoms. The highest BCUT2D eigenvalue weighted by Gasteiger charge is 2.27. The van der Waals surface area contributed by atoms with Gasteiger partial charge in [-0.2, -0.15) is 0 Å². The van der Waals surface area contributed by atoms with E-state index in [1.807, 2.05) is 7.05 Å². The first-order chi connectivity index (χ1) is 9.97. The Kier molecular flexibility index (Phi) is 5.20. The number of nitrogens with two attached hydrogens (primary N) is 1. The third-order valence-electron chi connectivity index (χ3n) is 4.20. The lowest BCUT2D eigenvalue weighted by atomic mass is 10.0. The van der Waals surface area contributed by atoms with Gasteiger partial charge < -0.3 is 20.6 Å². The number of amides is 1. The fourth-order valence-corrected chi connectivity index (χ4v) is 2.87. The van der Waals surface area contributed by atoms with Crippen LogP contribution in [0.5, 0.6) is 5.75 Å². The van der Waals surface area contributed by atoms with Gasteiger partial charge in [0.15, 0.2) is 0 Å². The van der Waals surface area contributed by atoms with Gasteiger partial charge in [0.05, 0.1) is 6.04 Å². The minimum absolute atomic E-state index is 0.0108. The summed E-state index contributed by atoms with van der Waals surface area (Å²) in [6, 6.07) is 6.56. The standard InChI is InChI=1S/C16H25N3O2/c1-18-9-3-4-13(11-18)19(2)16(21)15(17)10-12-5-7-14(20)8-6-12/h5-8,13,15,20H,3-4,9-11,17H2,1-2H3. The predicted molar refractivity (Wildman–Crippen MR) is 83.1 cm³/mol. The Morgan fingerprint density at radius 2 is 2.14 bits per heavy atom. The van der Waals surface area contributed by atoms with Gasteiger partial charge in [-0.1, -0.05) is 12.1 Å². The average molecular weight is 291 g/mol. The van der Waals surface area contributed by atoms with E-state index in [2.05, 4.69) is 11.9 Å². The molecule has 5 nitrogen and oxygen atoms in total. The quantitative estimate of drug-likeness (QED) is 0.861. The van der Waals surface area contributed by atoms with Crippen molar-refractivity contribution >= 4 is 5.91 Å². The van der Waals surface area contributed by atoms with Crippen LogP contribution in [0.2, 0.25) is 0 Å². The molecule has 1 aromatic rings. The Labute approximate surface area is 126 Å². The third kappa shape index (κ3) is 4.19. The number of hydrogen-bond donors (Lipinski definition) is 2. The third-order valence-corrected chi connectivity index (χ3v) is 4.20. The SMILES string of the molecule is CN1CCCC(N(C)C(=O)C(N)Cc2ccc(O)cc2)C1. The Morgan fingerprint density at radius 1 is 1.48 bits per heavy atom. The van der Waals surface area contributed by atoms with Crippen LogP contribution in [0.15, 0.2) is 24.3 Å². The highest BCUT2D eigenvalue weighted by Crippen LogP contribution is 2.16. The molecule has 5 heteroatoms. The van der Waals surface area contributed by atoms with Crippen molar-refractivity contribution < 1.29 is 9.90 Å². The van der Waals surface area contributed by atoms with E-state index < -0.39 is 6.04 Å². The van der Waals surface area contributed by atoms with Crippen LogP contribution in [0.1, 0.15) is 18.4 Å². The lowest BCUT2D eigenvalue weighted by molar-refractivity contribution is -0.134.